The number of rotatable bonds is 2. The van der Waals surface area contributed by atoms with Gasteiger partial charge in [0, 0.05) is 24.8 Å². The molecule has 6 nitrogen and oxygen atoms in total. The van der Waals surface area contributed by atoms with Crippen LogP contribution < -0.4 is 5.32 Å². The van der Waals surface area contributed by atoms with Gasteiger partial charge < -0.3 is 20.4 Å². The Bertz CT molecular complexity index is 549. The second kappa shape index (κ2) is 6.03. The van der Waals surface area contributed by atoms with Crippen LogP contribution in [0.1, 0.15) is 30.6 Å². The fourth-order valence-electron chi connectivity index (χ4n) is 2.82. The predicted molar refractivity (Wildman–Crippen MR) is 78.6 cm³/mol. The molecule has 1 saturated heterocycles. The molecule has 2 amide bonds. The summed E-state index contributed by atoms with van der Waals surface area (Å²) in [5.41, 5.74) is 0.196. The molecule has 0 saturated carbocycles. The van der Waals surface area contributed by atoms with E-state index in [1.54, 1.807) is 4.90 Å². The number of likely N-dealkylation sites (tertiary alicyclic amines) is 1. The Kier molecular flexibility index (Phi) is 4.35. The number of amides is 2. The van der Waals surface area contributed by atoms with E-state index in [2.05, 4.69) is 19.2 Å². The zero-order valence-corrected chi connectivity index (χ0v) is 12.2. The van der Waals surface area contributed by atoms with Crippen LogP contribution in [-0.2, 0) is 0 Å². The molecule has 2 atom stereocenters. The molecule has 2 unspecified atom stereocenters. The molecule has 1 aliphatic heterocycles. The number of hydrogen-bond donors (Lipinski definition) is 3. The number of aromatic carboxylic acids is 1. The average Bonchev–Trinajstić information content (AvgIpc) is 2.37. The number of piperidine rings is 1. The Labute approximate surface area is 123 Å². The molecule has 1 aliphatic rings. The Morgan fingerprint density at radius 1 is 1.24 bits per heavy atom. The van der Waals surface area contributed by atoms with Crippen molar-refractivity contribution in [3.63, 3.8) is 0 Å². The highest BCUT2D eigenvalue weighted by Crippen LogP contribution is 2.24. The SMILES string of the molecule is CC1CC(C)CN(C(=O)Nc2ccc(C(=O)O)c(O)c2)C1. The van der Waals surface area contributed by atoms with Crippen molar-refractivity contribution in [3.05, 3.63) is 23.8 Å². The smallest absolute Gasteiger partial charge is 0.339 e. The summed E-state index contributed by atoms with van der Waals surface area (Å²) in [7, 11) is 0. The number of phenols is 1. The third-order valence-corrected chi connectivity index (χ3v) is 3.64. The van der Waals surface area contributed by atoms with Gasteiger partial charge in [0.05, 0.1) is 0 Å². The predicted octanol–water partition coefficient (Wildman–Crippen LogP) is 2.60. The van der Waals surface area contributed by atoms with Crippen molar-refractivity contribution in [2.45, 2.75) is 20.3 Å². The maximum absolute atomic E-state index is 12.2. The number of nitrogens with zero attached hydrogens (tertiary/aromatic N) is 1. The van der Waals surface area contributed by atoms with E-state index in [0.29, 0.717) is 30.6 Å². The normalized spacial score (nSPS) is 21.9. The number of benzene rings is 1. The third-order valence-electron chi connectivity index (χ3n) is 3.64. The lowest BCUT2D eigenvalue weighted by molar-refractivity contribution is 0.0694. The Morgan fingerprint density at radius 2 is 1.86 bits per heavy atom. The number of carboxylic acids is 1. The first kappa shape index (κ1) is 15.2. The number of carboxylic acid groups (broad SMARTS) is 1. The molecule has 0 radical (unpaired) electrons. The molecule has 0 bridgehead atoms. The molecule has 1 heterocycles. The molecular formula is C15H20N2O4. The lowest BCUT2D eigenvalue weighted by atomic mass is 9.92. The minimum atomic E-state index is -1.20. The van der Waals surface area contributed by atoms with E-state index in [1.165, 1.54) is 18.2 Å². The van der Waals surface area contributed by atoms with E-state index >= 15 is 0 Å². The van der Waals surface area contributed by atoms with Crippen molar-refractivity contribution in [1.82, 2.24) is 4.90 Å². The van der Waals surface area contributed by atoms with Gasteiger partial charge in [-0.1, -0.05) is 13.8 Å². The molecule has 0 aliphatic carbocycles. The second-order valence-corrected chi connectivity index (χ2v) is 5.82. The quantitative estimate of drug-likeness (QED) is 0.781. The van der Waals surface area contributed by atoms with Gasteiger partial charge in [-0.3, -0.25) is 0 Å². The van der Waals surface area contributed by atoms with Crippen molar-refractivity contribution in [3.8, 4) is 5.75 Å². The number of urea groups is 1. The standard InChI is InChI=1S/C15H20N2O4/c1-9-5-10(2)8-17(7-9)15(21)16-11-3-4-12(14(19)20)13(18)6-11/h3-4,6,9-10,18H,5,7-8H2,1-2H3,(H,16,21)(H,19,20). The van der Waals surface area contributed by atoms with Crippen LogP contribution in [0.5, 0.6) is 5.75 Å². The summed E-state index contributed by atoms with van der Waals surface area (Å²) in [5.74, 6) is -0.644. The molecule has 3 N–H and O–H groups in total. The van der Waals surface area contributed by atoms with Crippen LogP contribution >= 0.6 is 0 Å². The summed E-state index contributed by atoms with van der Waals surface area (Å²) in [5, 5.41) is 21.2. The minimum absolute atomic E-state index is 0.187. The molecule has 2 rings (SSSR count). The zero-order valence-electron chi connectivity index (χ0n) is 12.2. The molecule has 0 spiro atoms. The fourth-order valence-corrected chi connectivity index (χ4v) is 2.82. The van der Waals surface area contributed by atoms with Crippen LogP contribution in [0.2, 0.25) is 0 Å². The van der Waals surface area contributed by atoms with Crippen LogP contribution in [0, 0.1) is 11.8 Å². The maximum atomic E-state index is 12.2. The first-order valence-corrected chi connectivity index (χ1v) is 6.99. The number of aromatic hydroxyl groups is 1. The average molecular weight is 292 g/mol. The van der Waals surface area contributed by atoms with Gasteiger partial charge >= 0.3 is 12.0 Å². The summed E-state index contributed by atoms with van der Waals surface area (Å²) in [6.07, 6.45) is 1.11. The van der Waals surface area contributed by atoms with Gasteiger partial charge in [-0.2, -0.15) is 0 Å². The van der Waals surface area contributed by atoms with E-state index in [1.807, 2.05) is 0 Å². The van der Waals surface area contributed by atoms with Crippen molar-refractivity contribution >= 4 is 17.7 Å². The topological polar surface area (TPSA) is 89.9 Å². The molecule has 114 valence electrons. The highest BCUT2D eigenvalue weighted by atomic mass is 16.4. The van der Waals surface area contributed by atoms with E-state index in [-0.39, 0.29) is 17.3 Å². The van der Waals surface area contributed by atoms with E-state index < -0.39 is 5.97 Å². The molecule has 6 heteroatoms. The summed E-state index contributed by atoms with van der Waals surface area (Å²) < 4.78 is 0. The van der Waals surface area contributed by atoms with Crippen LogP contribution in [0.3, 0.4) is 0 Å². The Morgan fingerprint density at radius 3 is 2.38 bits per heavy atom. The largest absolute Gasteiger partial charge is 0.507 e. The van der Waals surface area contributed by atoms with Crippen molar-refractivity contribution < 1.29 is 19.8 Å². The summed E-state index contributed by atoms with van der Waals surface area (Å²) in [4.78, 5) is 24.8. The van der Waals surface area contributed by atoms with Gasteiger partial charge in [0.15, 0.2) is 0 Å². The Balaban J connectivity index is 2.06. The summed E-state index contributed by atoms with van der Waals surface area (Å²) in [6.45, 7) is 5.64. The summed E-state index contributed by atoms with van der Waals surface area (Å²) in [6, 6.07) is 3.76. The molecule has 1 aromatic rings. The number of anilines is 1. The molecule has 1 aromatic carbocycles. The van der Waals surface area contributed by atoms with E-state index in [0.717, 1.165) is 6.42 Å². The van der Waals surface area contributed by atoms with Crippen LogP contribution in [-0.4, -0.2) is 40.2 Å². The second-order valence-electron chi connectivity index (χ2n) is 5.82. The van der Waals surface area contributed by atoms with Gasteiger partial charge in [-0.15, -0.1) is 0 Å². The van der Waals surface area contributed by atoms with Crippen molar-refractivity contribution in [2.75, 3.05) is 18.4 Å². The van der Waals surface area contributed by atoms with Gasteiger partial charge in [-0.25, -0.2) is 9.59 Å². The fraction of sp³-hybridized carbons (Fsp3) is 0.467. The lowest BCUT2D eigenvalue weighted by Crippen LogP contribution is -2.44. The number of hydrogen-bond acceptors (Lipinski definition) is 3. The van der Waals surface area contributed by atoms with Crippen LogP contribution in [0.25, 0.3) is 0 Å². The molecule has 1 fully saturated rings. The lowest BCUT2D eigenvalue weighted by Gasteiger charge is -2.34. The van der Waals surface area contributed by atoms with Crippen molar-refractivity contribution in [1.29, 1.82) is 0 Å². The monoisotopic (exact) mass is 292 g/mol. The zero-order chi connectivity index (χ0) is 15.6. The molecule has 0 aromatic heterocycles. The number of nitrogens with one attached hydrogen (secondary N) is 1. The van der Waals surface area contributed by atoms with E-state index in [9.17, 15) is 14.7 Å². The van der Waals surface area contributed by atoms with Gasteiger partial charge in [0.1, 0.15) is 11.3 Å². The highest BCUT2D eigenvalue weighted by Gasteiger charge is 2.25. The molecular weight excluding hydrogens is 272 g/mol. The van der Waals surface area contributed by atoms with Crippen LogP contribution in [0.4, 0.5) is 10.5 Å². The highest BCUT2D eigenvalue weighted by molar-refractivity contribution is 5.94. The number of carbonyl (C=O) groups excluding carboxylic acids is 1. The van der Waals surface area contributed by atoms with Gasteiger partial charge in [0.25, 0.3) is 0 Å². The first-order valence-electron chi connectivity index (χ1n) is 6.99. The molecule has 21 heavy (non-hydrogen) atoms. The van der Waals surface area contributed by atoms with Crippen molar-refractivity contribution in [2.24, 2.45) is 11.8 Å². The first-order chi connectivity index (χ1) is 9.86. The maximum Gasteiger partial charge on any atom is 0.339 e. The third kappa shape index (κ3) is 3.65. The summed E-state index contributed by atoms with van der Waals surface area (Å²) >= 11 is 0. The minimum Gasteiger partial charge on any atom is -0.507 e. The van der Waals surface area contributed by atoms with Gasteiger partial charge in [0.2, 0.25) is 0 Å². The van der Waals surface area contributed by atoms with Gasteiger partial charge in [-0.05, 0) is 30.4 Å². The number of carbonyl (C=O) groups is 2. The van der Waals surface area contributed by atoms with E-state index in [4.69, 9.17) is 5.11 Å². The Hall–Kier alpha value is -2.24. The van der Waals surface area contributed by atoms with Crippen LogP contribution in [0.15, 0.2) is 18.2 Å².